The molecule has 33 heavy (non-hydrogen) atoms. The van der Waals surface area contributed by atoms with Gasteiger partial charge in [0.2, 0.25) is 10.0 Å². The van der Waals surface area contributed by atoms with Gasteiger partial charge in [0.15, 0.2) is 0 Å². The minimum atomic E-state index is -3.37. The van der Waals surface area contributed by atoms with E-state index in [2.05, 4.69) is 20.2 Å². The van der Waals surface area contributed by atoms with E-state index >= 15 is 0 Å². The first-order chi connectivity index (χ1) is 15.9. The highest BCUT2D eigenvalue weighted by Crippen LogP contribution is 2.28. The quantitative estimate of drug-likeness (QED) is 0.267. The summed E-state index contributed by atoms with van der Waals surface area (Å²) in [6.45, 7) is 1.27. The molecule has 0 amide bonds. The van der Waals surface area contributed by atoms with E-state index in [1.165, 1.54) is 0 Å². The summed E-state index contributed by atoms with van der Waals surface area (Å²) >= 11 is 0. The first-order valence-electron chi connectivity index (χ1n) is 10.5. The summed E-state index contributed by atoms with van der Waals surface area (Å²) < 4.78 is 31.0. The van der Waals surface area contributed by atoms with E-state index in [1.807, 2.05) is 48.5 Å². The molecule has 0 saturated heterocycles. The number of aliphatic hydroxyl groups is 1. The number of rotatable bonds is 10. The average Bonchev–Trinajstić information content (AvgIpc) is 3.21. The minimum absolute atomic E-state index is 0.311. The molecule has 0 bridgehead atoms. The van der Waals surface area contributed by atoms with Crippen LogP contribution in [-0.4, -0.2) is 49.7 Å². The molecular weight excluding hydrogens is 440 g/mol. The molecule has 8 nitrogen and oxygen atoms in total. The van der Waals surface area contributed by atoms with Crippen LogP contribution in [0.25, 0.3) is 22.2 Å². The number of hydrogen-bond donors (Lipinski definition) is 4. The van der Waals surface area contributed by atoms with Gasteiger partial charge in [-0.05, 0) is 29.8 Å². The number of sulfonamides is 1. The van der Waals surface area contributed by atoms with E-state index < -0.39 is 16.1 Å². The Hall–Kier alpha value is -3.40. The Labute approximate surface area is 192 Å². The third-order valence-electron chi connectivity index (χ3n) is 5.04. The maximum atomic E-state index is 11.4. The van der Waals surface area contributed by atoms with Crippen LogP contribution in [0, 0.1) is 0 Å². The van der Waals surface area contributed by atoms with Crippen molar-refractivity contribution in [1.82, 2.24) is 15.5 Å². The van der Waals surface area contributed by atoms with Crippen molar-refractivity contribution >= 4 is 26.6 Å². The lowest BCUT2D eigenvalue weighted by Gasteiger charge is -2.14. The highest BCUT2D eigenvalue weighted by atomic mass is 32.2. The fraction of sp³-hybridized carbons (Fsp3) is 0.208. The Bertz CT molecular complexity index is 1320. The molecule has 0 aliphatic heterocycles. The van der Waals surface area contributed by atoms with Crippen LogP contribution in [-0.2, 0) is 10.0 Å². The van der Waals surface area contributed by atoms with E-state index in [9.17, 15) is 13.5 Å². The number of anilines is 1. The molecule has 0 fully saturated rings. The monoisotopic (exact) mass is 466 g/mol. The molecule has 0 saturated carbocycles. The number of ether oxygens (including phenoxy) is 1. The molecule has 1 aromatic heterocycles. The molecule has 0 radical (unpaired) electrons. The Kier molecular flexibility index (Phi) is 6.93. The van der Waals surface area contributed by atoms with Crippen molar-refractivity contribution in [3.63, 3.8) is 0 Å². The predicted molar refractivity (Wildman–Crippen MR) is 130 cm³/mol. The smallest absolute Gasteiger partial charge is 0.229 e. The molecule has 3 aromatic carbocycles. The SMILES string of the molecule is CS(=O)(=O)Nc1cccc([C@@H](O)CNCCOc2ccc3c(-c4ccccc4)n[nH]c3c2)c1. The van der Waals surface area contributed by atoms with Crippen LogP contribution in [0.3, 0.4) is 0 Å². The number of hydrogen-bond acceptors (Lipinski definition) is 6. The zero-order valence-corrected chi connectivity index (χ0v) is 19.0. The second kappa shape index (κ2) is 10.0. The molecular formula is C24H26N4O4S. The summed E-state index contributed by atoms with van der Waals surface area (Å²) in [5, 5.41) is 22.1. The van der Waals surface area contributed by atoms with Gasteiger partial charge in [0.1, 0.15) is 12.4 Å². The van der Waals surface area contributed by atoms with E-state index in [0.29, 0.717) is 30.9 Å². The van der Waals surface area contributed by atoms with Gasteiger partial charge in [-0.3, -0.25) is 9.82 Å². The van der Waals surface area contributed by atoms with E-state index in [4.69, 9.17) is 4.74 Å². The zero-order valence-electron chi connectivity index (χ0n) is 18.2. The van der Waals surface area contributed by atoms with Crippen molar-refractivity contribution < 1.29 is 18.3 Å². The van der Waals surface area contributed by atoms with Gasteiger partial charge in [-0.2, -0.15) is 5.10 Å². The topological polar surface area (TPSA) is 116 Å². The number of nitrogens with zero attached hydrogens (tertiary/aromatic N) is 1. The number of H-pyrrole nitrogens is 1. The second-order valence-electron chi connectivity index (χ2n) is 7.71. The molecule has 0 spiro atoms. The van der Waals surface area contributed by atoms with Gasteiger partial charge >= 0.3 is 0 Å². The second-order valence-corrected chi connectivity index (χ2v) is 9.46. The normalized spacial score (nSPS) is 12.5. The van der Waals surface area contributed by atoms with Crippen LogP contribution in [0.2, 0.25) is 0 Å². The largest absolute Gasteiger partial charge is 0.492 e. The molecule has 0 aliphatic rings. The highest BCUT2D eigenvalue weighted by Gasteiger charge is 2.10. The molecule has 9 heteroatoms. The summed E-state index contributed by atoms with van der Waals surface area (Å²) in [6.07, 6.45) is 0.313. The van der Waals surface area contributed by atoms with Crippen LogP contribution in [0.4, 0.5) is 5.69 Å². The lowest BCUT2D eigenvalue weighted by molar-refractivity contribution is 0.172. The van der Waals surface area contributed by atoms with Crippen LogP contribution in [0.1, 0.15) is 11.7 Å². The standard InChI is InChI=1S/C24H26N4O4S/c1-33(30,31)28-19-9-5-8-18(14-19)23(29)16-25-12-13-32-20-10-11-21-22(15-20)26-27-24(21)17-6-3-2-4-7-17/h2-11,14-15,23,25,28-29H,12-13,16H2,1H3,(H,26,27)/t23-/m0/s1. The van der Waals surface area contributed by atoms with E-state index in [1.54, 1.807) is 24.3 Å². The molecule has 0 aliphatic carbocycles. The van der Waals surface area contributed by atoms with Gasteiger partial charge < -0.3 is 15.2 Å². The van der Waals surface area contributed by atoms with Crippen LogP contribution in [0.15, 0.2) is 72.8 Å². The van der Waals surface area contributed by atoms with Crippen molar-refractivity contribution in [3.05, 3.63) is 78.4 Å². The molecule has 0 unspecified atom stereocenters. The van der Waals surface area contributed by atoms with Gasteiger partial charge in [-0.1, -0.05) is 42.5 Å². The summed E-state index contributed by atoms with van der Waals surface area (Å²) in [4.78, 5) is 0. The molecule has 4 N–H and O–H groups in total. The lowest BCUT2D eigenvalue weighted by atomic mass is 10.1. The predicted octanol–water partition coefficient (Wildman–Crippen LogP) is 3.30. The Morgan fingerprint density at radius 2 is 1.88 bits per heavy atom. The van der Waals surface area contributed by atoms with Crippen molar-refractivity contribution in [2.75, 3.05) is 30.7 Å². The van der Waals surface area contributed by atoms with Crippen molar-refractivity contribution in [2.24, 2.45) is 0 Å². The number of nitrogens with one attached hydrogen (secondary N) is 3. The maximum Gasteiger partial charge on any atom is 0.229 e. The Morgan fingerprint density at radius 3 is 2.67 bits per heavy atom. The van der Waals surface area contributed by atoms with Crippen LogP contribution >= 0.6 is 0 Å². The first kappa shape index (κ1) is 22.8. The summed E-state index contributed by atoms with van der Waals surface area (Å²) in [7, 11) is -3.37. The molecule has 4 aromatic rings. The number of aromatic nitrogens is 2. The summed E-state index contributed by atoms with van der Waals surface area (Å²) in [5.41, 5.74) is 3.90. The average molecular weight is 467 g/mol. The van der Waals surface area contributed by atoms with Crippen LogP contribution in [0.5, 0.6) is 5.75 Å². The van der Waals surface area contributed by atoms with Gasteiger partial charge in [0.05, 0.1) is 23.6 Å². The van der Waals surface area contributed by atoms with Gasteiger partial charge in [0, 0.05) is 35.8 Å². The van der Waals surface area contributed by atoms with Crippen molar-refractivity contribution in [2.45, 2.75) is 6.10 Å². The lowest BCUT2D eigenvalue weighted by Crippen LogP contribution is -2.26. The van der Waals surface area contributed by atoms with E-state index in [-0.39, 0.29) is 0 Å². The molecule has 1 atom stereocenters. The maximum absolute atomic E-state index is 11.4. The Balaban J connectivity index is 1.27. The number of aliphatic hydroxyl groups excluding tert-OH is 1. The van der Waals surface area contributed by atoms with Crippen LogP contribution < -0.4 is 14.8 Å². The van der Waals surface area contributed by atoms with Crippen molar-refractivity contribution in [1.29, 1.82) is 0 Å². The third kappa shape index (κ3) is 6.10. The summed E-state index contributed by atoms with van der Waals surface area (Å²) in [6, 6.07) is 22.5. The minimum Gasteiger partial charge on any atom is -0.492 e. The fourth-order valence-corrected chi connectivity index (χ4v) is 4.08. The van der Waals surface area contributed by atoms with Gasteiger partial charge in [-0.15, -0.1) is 0 Å². The Morgan fingerprint density at radius 1 is 1.06 bits per heavy atom. The third-order valence-corrected chi connectivity index (χ3v) is 5.65. The van der Waals surface area contributed by atoms with Crippen molar-refractivity contribution in [3.8, 4) is 17.0 Å². The first-order valence-corrected chi connectivity index (χ1v) is 12.4. The van der Waals surface area contributed by atoms with Gasteiger partial charge in [0.25, 0.3) is 0 Å². The summed E-state index contributed by atoms with van der Waals surface area (Å²) in [5.74, 6) is 0.729. The molecule has 1 heterocycles. The number of benzene rings is 3. The molecule has 4 rings (SSSR count). The molecule has 172 valence electrons. The number of aromatic amines is 1. The zero-order chi connectivity index (χ0) is 23.3. The van der Waals surface area contributed by atoms with Gasteiger partial charge in [-0.25, -0.2) is 8.42 Å². The van der Waals surface area contributed by atoms with E-state index in [0.717, 1.165) is 34.2 Å². The highest BCUT2D eigenvalue weighted by molar-refractivity contribution is 7.92. The fourth-order valence-electron chi connectivity index (χ4n) is 3.53. The number of fused-ring (bicyclic) bond motifs is 1.